The van der Waals surface area contributed by atoms with E-state index in [1.165, 1.54) is 77.3 Å². The van der Waals surface area contributed by atoms with Gasteiger partial charge in [-0.25, -0.2) is 0 Å². The van der Waals surface area contributed by atoms with E-state index < -0.39 is 8.07 Å². The van der Waals surface area contributed by atoms with E-state index in [2.05, 4.69) is 227 Å². The van der Waals surface area contributed by atoms with Gasteiger partial charge in [0.05, 0.1) is 19.4 Å². The molecule has 0 atom stereocenters. The minimum absolute atomic E-state index is 0.255. The van der Waals surface area contributed by atoms with E-state index in [1.807, 2.05) is 0 Å². The van der Waals surface area contributed by atoms with Crippen molar-refractivity contribution in [1.29, 1.82) is 0 Å². The molecule has 0 heterocycles. The van der Waals surface area contributed by atoms with E-state index in [9.17, 15) is 0 Å². The van der Waals surface area contributed by atoms with Crippen LogP contribution >= 0.6 is 0 Å². The third-order valence-corrected chi connectivity index (χ3v) is 14.0. The molecule has 282 valence electrons. The molecule has 0 saturated carbocycles. The Morgan fingerprint density at radius 2 is 0.982 bits per heavy atom. The highest BCUT2D eigenvalue weighted by Crippen LogP contribution is 2.56. The lowest BCUT2D eigenvalue weighted by Gasteiger charge is -2.31. The standard InChI is InChI=1S/C54H52N2Si/c1-37(2)34-38-26-28-41(29-27-38)56(50-32-33-52(57(5,6)7)45-24-16-14-22-43(45)50)42-30-31-47-48(35-42)54(3,4)49-36-51(44-23-15-17-25-46(44)53(47)49)55(39-18-10-8-11-19-39)40-20-12-9-13-21-40/h8-33,35-37H,34H2,1-7H3. The Morgan fingerprint density at radius 1 is 0.474 bits per heavy atom. The second kappa shape index (κ2) is 14.2. The van der Waals surface area contributed by atoms with Gasteiger partial charge in [-0.3, -0.25) is 0 Å². The summed E-state index contributed by atoms with van der Waals surface area (Å²) in [6.45, 7) is 16.8. The van der Waals surface area contributed by atoms with Gasteiger partial charge in [0, 0.05) is 38.9 Å². The fraction of sp³-hybridized carbons (Fsp3) is 0.185. The molecule has 3 heteroatoms. The average Bonchev–Trinajstić information content (AvgIpc) is 3.44. The average molecular weight is 757 g/mol. The molecule has 8 aromatic rings. The summed E-state index contributed by atoms with van der Waals surface area (Å²) in [5.41, 5.74) is 13.5. The Balaban J connectivity index is 1.25. The molecule has 0 aliphatic heterocycles. The molecule has 2 nitrogen and oxygen atoms in total. The number of para-hydroxylation sites is 2. The molecule has 0 N–H and O–H groups in total. The number of rotatable bonds is 9. The van der Waals surface area contributed by atoms with Crippen molar-refractivity contribution < 1.29 is 0 Å². The van der Waals surface area contributed by atoms with Gasteiger partial charge in [0.2, 0.25) is 0 Å². The monoisotopic (exact) mass is 756 g/mol. The van der Waals surface area contributed by atoms with Gasteiger partial charge in [0.15, 0.2) is 0 Å². The third-order valence-electron chi connectivity index (χ3n) is 12.0. The Hall–Kier alpha value is -5.90. The molecule has 0 radical (unpaired) electrons. The number of benzene rings is 8. The Labute approximate surface area is 340 Å². The number of hydrogen-bond acceptors (Lipinski definition) is 2. The number of fused-ring (bicyclic) bond motifs is 6. The lowest BCUT2D eigenvalue weighted by Crippen LogP contribution is -2.38. The molecule has 9 rings (SSSR count). The quantitative estimate of drug-likeness (QED) is 0.135. The molecular formula is C54H52N2Si. The number of nitrogens with zero attached hydrogens (tertiary/aromatic N) is 2. The van der Waals surface area contributed by atoms with Crippen molar-refractivity contribution in [2.75, 3.05) is 9.80 Å². The Kier molecular flexibility index (Phi) is 9.17. The first kappa shape index (κ1) is 36.7. The molecule has 0 unspecified atom stereocenters. The molecule has 1 aliphatic rings. The van der Waals surface area contributed by atoms with Crippen LogP contribution in [-0.4, -0.2) is 8.07 Å². The molecule has 57 heavy (non-hydrogen) atoms. The summed E-state index contributed by atoms with van der Waals surface area (Å²) in [5, 5.41) is 6.69. The first-order valence-corrected chi connectivity index (χ1v) is 24.0. The van der Waals surface area contributed by atoms with E-state index in [4.69, 9.17) is 0 Å². The lowest BCUT2D eigenvalue weighted by molar-refractivity contribution is 0.647. The minimum Gasteiger partial charge on any atom is -0.310 e. The van der Waals surface area contributed by atoms with Crippen LogP contribution in [0.5, 0.6) is 0 Å². The molecule has 0 aromatic heterocycles. The van der Waals surface area contributed by atoms with Crippen LogP contribution in [0.1, 0.15) is 44.4 Å². The van der Waals surface area contributed by atoms with Crippen LogP contribution in [-0.2, 0) is 11.8 Å². The van der Waals surface area contributed by atoms with Crippen LogP contribution in [0.3, 0.4) is 0 Å². The molecule has 1 aliphatic carbocycles. The largest absolute Gasteiger partial charge is 0.310 e. The summed E-state index contributed by atoms with van der Waals surface area (Å²) in [7, 11) is -1.61. The predicted octanol–water partition coefficient (Wildman–Crippen LogP) is 15.0. The summed E-state index contributed by atoms with van der Waals surface area (Å²) in [6, 6.07) is 63.4. The second-order valence-electron chi connectivity index (χ2n) is 17.8. The summed E-state index contributed by atoms with van der Waals surface area (Å²) in [4.78, 5) is 4.93. The summed E-state index contributed by atoms with van der Waals surface area (Å²) >= 11 is 0. The van der Waals surface area contributed by atoms with Crippen molar-refractivity contribution in [2.24, 2.45) is 5.92 Å². The van der Waals surface area contributed by atoms with Crippen molar-refractivity contribution in [1.82, 2.24) is 0 Å². The van der Waals surface area contributed by atoms with Gasteiger partial charge in [-0.15, -0.1) is 0 Å². The lowest BCUT2D eigenvalue weighted by atomic mass is 9.81. The maximum atomic E-state index is 2.50. The molecule has 0 saturated heterocycles. The van der Waals surface area contributed by atoms with Crippen molar-refractivity contribution in [3.05, 3.63) is 187 Å². The van der Waals surface area contributed by atoms with E-state index in [-0.39, 0.29) is 5.41 Å². The maximum Gasteiger partial charge on any atom is 0.0784 e. The zero-order valence-electron chi connectivity index (χ0n) is 34.3. The first-order chi connectivity index (χ1) is 27.5. The second-order valence-corrected chi connectivity index (χ2v) is 22.8. The van der Waals surface area contributed by atoms with Crippen molar-refractivity contribution in [3.63, 3.8) is 0 Å². The zero-order valence-corrected chi connectivity index (χ0v) is 35.3. The minimum atomic E-state index is -1.61. The highest BCUT2D eigenvalue weighted by atomic mass is 28.3. The van der Waals surface area contributed by atoms with Gasteiger partial charge in [-0.1, -0.05) is 162 Å². The molecule has 0 bridgehead atoms. The van der Waals surface area contributed by atoms with E-state index in [1.54, 1.807) is 0 Å². The Bertz CT molecular complexity index is 2700. The number of anilines is 6. The van der Waals surface area contributed by atoms with Crippen LogP contribution < -0.4 is 15.0 Å². The van der Waals surface area contributed by atoms with Crippen LogP contribution in [0, 0.1) is 5.92 Å². The van der Waals surface area contributed by atoms with Gasteiger partial charge < -0.3 is 9.80 Å². The highest BCUT2D eigenvalue weighted by molar-refractivity contribution is 6.90. The van der Waals surface area contributed by atoms with Gasteiger partial charge in [-0.05, 0) is 112 Å². The van der Waals surface area contributed by atoms with Gasteiger partial charge >= 0.3 is 0 Å². The van der Waals surface area contributed by atoms with Gasteiger partial charge in [0.25, 0.3) is 0 Å². The van der Waals surface area contributed by atoms with E-state index >= 15 is 0 Å². The maximum absolute atomic E-state index is 2.50. The van der Waals surface area contributed by atoms with Crippen molar-refractivity contribution in [3.8, 4) is 11.1 Å². The topological polar surface area (TPSA) is 6.48 Å². The van der Waals surface area contributed by atoms with Crippen molar-refractivity contribution >= 4 is 68.9 Å². The summed E-state index contributed by atoms with van der Waals surface area (Å²) in [6.07, 6.45) is 1.07. The van der Waals surface area contributed by atoms with E-state index in [0.29, 0.717) is 5.92 Å². The van der Waals surface area contributed by atoms with E-state index in [0.717, 1.165) is 17.8 Å². The smallest absolute Gasteiger partial charge is 0.0784 e. The molecule has 0 spiro atoms. The normalized spacial score (nSPS) is 13.2. The van der Waals surface area contributed by atoms with Gasteiger partial charge in [0.1, 0.15) is 0 Å². The number of hydrogen-bond donors (Lipinski definition) is 0. The first-order valence-electron chi connectivity index (χ1n) is 20.5. The SMILES string of the molecule is CC(C)Cc1ccc(N(c2ccc3c(c2)C(C)(C)c2cc(N(c4ccccc4)c4ccccc4)c4ccccc4c2-3)c2ccc([Si](C)(C)C)c3ccccc23)cc1. The fourth-order valence-corrected chi connectivity index (χ4v) is 10.9. The third kappa shape index (κ3) is 6.44. The zero-order chi connectivity index (χ0) is 39.5. The van der Waals surface area contributed by atoms with Crippen molar-refractivity contribution in [2.45, 2.75) is 59.2 Å². The predicted molar refractivity (Wildman–Crippen MR) is 250 cm³/mol. The summed E-state index contributed by atoms with van der Waals surface area (Å²) < 4.78 is 0. The molecular weight excluding hydrogens is 705 g/mol. The molecule has 0 amide bonds. The van der Waals surface area contributed by atoms with Gasteiger partial charge in [-0.2, -0.15) is 0 Å². The highest BCUT2D eigenvalue weighted by Gasteiger charge is 2.38. The van der Waals surface area contributed by atoms with Crippen LogP contribution in [0.2, 0.25) is 19.6 Å². The van der Waals surface area contributed by atoms with Crippen LogP contribution in [0.25, 0.3) is 32.7 Å². The van der Waals surface area contributed by atoms with Crippen LogP contribution in [0.4, 0.5) is 34.1 Å². The summed E-state index contributed by atoms with van der Waals surface area (Å²) in [5.74, 6) is 0.606. The Morgan fingerprint density at radius 3 is 1.58 bits per heavy atom. The molecule has 0 fully saturated rings. The fourth-order valence-electron chi connectivity index (χ4n) is 9.27. The van der Waals surface area contributed by atoms with Crippen LogP contribution in [0.15, 0.2) is 170 Å². The molecule has 8 aromatic carbocycles.